The number of methoxy groups -OCH3 is 1. The molecule has 0 radical (unpaired) electrons. The van der Waals surface area contributed by atoms with Gasteiger partial charge >= 0.3 is 12.1 Å². The minimum absolute atomic E-state index is 0.131. The van der Waals surface area contributed by atoms with Gasteiger partial charge in [0.15, 0.2) is 0 Å². The lowest BCUT2D eigenvalue weighted by Gasteiger charge is -2.23. The molecule has 30 heavy (non-hydrogen) atoms. The van der Waals surface area contributed by atoms with E-state index in [-0.39, 0.29) is 18.4 Å². The second-order valence-corrected chi connectivity index (χ2v) is 9.00. The number of aryl methyl sites for hydroxylation is 2. The van der Waals surface area contributed by atoms with Gasteiger partial charge in [-0.2, -0.15) is 0 Å². The van der Waals surface area contributed by atoms with Crippen molar-refractivity contribution in [1.29, 1.82) is 0 Å². The molecule has 1 amide bonds. The standard InChI is InChI=1S/C25H41NO4/c1-6-7-8-9-10-11-12-20-13-15-21(16-14-20)17-18-22(19-23(27)29-5)26-24(28)30-25(2,3)4/h13-16,22H,6-12,17-19H2,1-5H3,(H,26,28). The Morgan fingerprint density at radius 2 is 1.50 bits per heavy atom. The van der Waals surface area contributed by atoms with Gasteiger partial charge in [-0.15, -0.1) is 0 Å². The van der Waals surface area contributed by atoms with E-state index in [1.54, 1.807) is 0 Å². The summed E-state index contributed by atoms with van der Waals surface area (Å²) >= 11 is 0. The Kier molecular flexibility index (Phi) is 12.2. The Morgan fingerprint density at radius 3 is 2.07 bits per heavy atom. The van der Waals surface area contributed by atoms with E-state index < -0.39 is 11.7 Å². The number of benzene rings is 1. The van der Waals surface area contributed by atoms with Gasteiger partial charge in [0.25, 0.3) is 0 Å². The molecule has 0 fully saturated rings. The van der Waals surface area contributed by atoms with Gasteiger partial charge in [0.2, 0.25) is 0 Å². The number of hydrogen-bond acceptors (Lipinski definition) is 4. The summed E-state index contributed by atoms with van der Waals surface area (Å²) in [5.41, 5.74) is 1.99. The number of esters is 1. The number of unbranched alkanes of at least 4 members (excludes halogenated alkanes) is 5. The van der Waals surface area contributed by atoms with E-state index in [1.807, 2.05) is 20.8 Å². The predicted molar refractivity (Wildman–Crippen MR) is 122 cm³/mol. The normalized spacial score (nSPS) is 12.3. The number of nitrogens with one attached hydrogen (secondary N) is 1. The van der Waals surface area contributed by atoms with Crippen LogP contribution in [0.2, 0.25) is 0 Å². The summed E-state index contributed by atoms with van der Waals surface area (Å²) in [5.74, 6) is -0.342. The summed E-state index contributed by atoms with van der Waals surface area (Å²) in [6, 6.07) is 8.36. The molecule has 0 saturated heterocycles. The summed E-state index contributed by atoms with van der Waals surface area (Å²) in [6.07, 6.45) is 10.0. The highest BCUT2D eigenvalue weighted by molar-refractivity contribution is 5.72. The molecule has 1 aromatic carbocycles. The first kappa shape index (κ1) is 26.0. The number of ether oxygens (including phenoxy) is 2. The minimum Gasteiger partial charge on any atom is -0.469 e. The van der Waals surface area contributed by atoms with Crippen molar-refractivity contribution in [1.82, 2.24) is 5.32 Å². The highest BCUT2D eigenvalue weighted by Crippen LogP contribution is 2.14. The SMILES string of the molecule is CCCCCCCCc1ccc(CCC(CC(=O)OC)NC(=O)OC(C)(C)C)cc1. The summed E-state index contributed by atoms with van der Waals surface area (Å²) in [5, 5.41) is 2.81. The zero-order valence-corrected chi connectivity index (χ0v) is 19.6. The number of rotatable bonds is 13. The van der Waals surface area contributed by atoms with Crippen LogP contribution in [-0.2, 0) is 27.1 Å². The van der Waals surface area contributed by atoms with Gasteiger partial charge in [0, 0.05) is 6.04 Å². The average Bonchev–Trinajstić information content (AvgIpc) is 2.68. The molecule has 0 bridgehead atoms. The lowest BCUT2D eigenvalue weighted by Crippen LogP contribution is -2.40. The number of alkyl carbamates (subject to hydrolysis) is 1. The van der Waals surface area contributed by atoms with Crippen LogP contribution >= 0.6 is 0 Å². The largest absolute Gasteiger partial charge is 0.469 e. The van der Waals surface area contributed by atoms with Gasteiger partial charge < -0.3 is 14.8 Å². The molecule has 0 spiro atoms. The second-order valence-electron chi connectivity index (χ2n) is 9.00. The van der Waals surface area contributed by atoms with Gasteiger partial charge in [-0.3, -0.25) is 4.79 Å². The summed E-state index contributed by atoms with van der Waals surface area (Å²) < 4.78 is 10.1. The molecule has 0 aliphatic rings. The van der Waals surface area contributed by atoms with Gasteiger partial charge in [-0.25, -0.2) is 4.79 Å². The smallest absolute Gasteiger partial charge is 0.407 e. The minimum atomic E-state index is -0.578. The van der Waals surface area contributed by atoms with Crippen LogP contribution in [0.15, 0.2) is 24.3 Å². The summed E-state index contributed by atoms with van der Waals surface area (Å²) in [7, 11) is 1.36. The quantitative estimate of drug-likeness (QED) is 0.315. The third-order valence-electron chi connectivity index (χ3n) is 4.99. The molecule has 0 saturated carbocycles. The topological polar surface area (TPSA) is 64.6 Å². The van der Waals surface area contributed by atoms with E-state index in [2.05, 4.69) is 36.5 Å². The van der Waals surface area contributed by atoms with E-state index in [0.29, 0.717) is 6.42 Å². The molecule has 1 N–H and O–H groups in total. The Morgan fingerprint density at radius 1 is 0.933 bits per heavy atom. The van der Waals surface area contributed by atoms with Gasteiger partial charge in [0.1, 0.15) is 5.60 Å². The lowest BCUT2D eigenvalue weighted by atomic mass is 10.00. The van der Waals surface area contributed by atoms with Crippen LogP contribution in [-0.4, -0.2) is 30.8 Å². The molecule has 170 valence electrons. The van der Waals surface area contributed by atoms with Crippen molar-refractivity contribution in [2.45, 2.75) is 104 Å². The first-order chi connectivity index (χ1) is 14.2. The van der Waals surface area contributed by atoms with Crippen LogP contribution in [0, 0.1) is 0 Å². The fourth-order valence-electron chi connectivity index (χ4n) is 3.31. The maximum atomic E-state index is 12.1. The van der Waals surface area contributed by atoms with Gasteiger partial charge in [-0.1, -0.05) is 63.3 Å². The molecular formula is C25H41NO4. The van der Waals surface area contributed by atoms with E-state index in [4.69, 9.17) is 9.47 Å². The van der Waals surface area contributed by atoms with Crippen LogP contribution in [0.4, 0.5) is 4.79 Å². The third kappa shape index (κ3) is 12.5. The molecule has 0 aromatic heterocycles. The number of carbonyl (C=O) groups is 2. The summed E-state index contributed by atoms with van der Waals surface area (Å²) in [4.78, 5) is 23.8. The number of carbonyl (C=O) groups excluding carboxylic acids is 2. The summed E-state index contributed by atoms with van der Waals surface area (Å²) in [6.45, 7) is 7.69. The Labute approximate surface area is 182 Å². The molecule has 1 aromatic rings. The zero-order chi connectivity index (χ0) is 22.4. The molecule has 5 heteroatoms. The number of amides is 1. The van der Waals surface area contributed by atoms with Crippen LogP contribution in [0.1, 0.15) is 90.2 Å². The second kappa shape index (κ2) is 14.1. The van der Waals surface area contributed by atoms with Crippen molar-refractivity contribution in [3.63, 3.8) is 0 Å². The van der Waals surface area contributed by atoms with Crippen LogP contribution < -0.4 is 5.32 Å². The highest BCUT2D eigenvalue weighted by Gasteiger charge is 2.21. The van der Waals surface area contributed by atoms with Gasteiger partial charge in [0.05, 0.1) is 13.5 Å². The number of hydrogen-bond donors (Lipinski definition) is 1. The molecular weight excluding hydrogens is 378 g/mol. The van der Waals surface area contributed by atoms with Crippen molar-refractivity contribution in [3.05, 3.63) is 35.4 Å². The van der Waals surface area contributed by atoms with Crippen molar-refractivity contribution < 1.29 is 19.1 Å². The molecule has 0 aliphatic heterocycles. The monoisotopic (exact) mass is 419 g/mol. The highest BCUT2D eigenvalue weighted by atomic mass is 16.6. The molecule has 5 nitrogen and oxygen atoms in total. The fraction of sp³-hybridized carbons (Fsp3) is 0.680. The zero-order valence-electron chi connectivity index (χ0n) is 19.6. The molecule has 0 aliphatic carbocycles. The average molecular weight is 420 g/mol. The van der Waals surface area contributed by atoms with Crippen molar-refractivity contribution in [2.75, 3.05) is 7.11 Å². The van der Waals surface area contributed by atoms with Crippen molar-refractivity contribution in [3.8, 4) is 0 Å². The Hall–Kier alpha value is -2.04. The molecule has 0 heterocycles. The van der Waals surface area contributed by atoms with E-state index >= 15 is 0 Å². The third-order valence-corrected chi connectivity index (χ3v) is 4.99. The van der Waals surface area contributed by atoms with E-state index in [1.165, 1.54) is 56.8 Å². The Bertz CT molecular complexity index is 619. The predicted octanol–water partition coefficient (Wildman–Crippen LogP) is 5.98. The Balaban J connectivity index is 2.49. The molecule has 1 rings (SSSR count). The van der Waals surface area contributed by atoms with E-state index in [9.17, 15) is 9.59 Å². The van der Waals surface area contributed by atoms with Crippen LogP contribution in [0.3, 0.4) is 0 Å². The van der Waals surface area contributed by atoms with Gasteiger partial charge in [-0.05, 0) is 57.6 Å². The fourth-order valence-corrected chi connectivity index (χ4v) is 3.31. The first-order valence-corrected chi connectivity index (χ1v) is 11.4. The maximum Gasteiger partial charge on any atom is 0.407 e. The first-order valence-electron chi connectivity index (χ1n) is 11.4. The van der Waals surface area contributed by atoms with Crippen molar-refractivity contribution >= 4 is 12.1 Å². The van der Waals surface area contributed by atoms with Crippen LogP contribution in [0.5, 0.6) is 0 Å². The van der Waals surface area contributed by atoms with Crippen molar-refractivity contribution in [2.24, 2.45) is 0 Å². The van der Waals surface area contributed by atoms with E-state index in [0.717, 1.165) is 12.8 Å². The molecule has 1 atom stereocenters. The molecule has 1 unspecified atom stereocenters. The lowest BCUT2D eigenvalue weighted by molar-refractivity contribution is -0.141. The van der Waals surface area contributed by atoms with Crippen LogP contribution in [0.25, 0.3) is 0 Å². The maximum absolute atomic E-state index is 12.1.